The van der Waals surface area contributed by atoms with Crippen LogP contribution in [0.15, 0.2) is 24.3 Å². The smallest absolute Gasteiger partial charge is 0.130 e. The highest BCUT2D eigenvalue weighted by atomic mass is 35.5. The first-order chi connectivity index (χ1) is 8.83. The minimum atomic E-state index is -0.831. The van der Waals surface area contributed by atoms with Crippen LogP contribution in [0, 0.1) is 12.7 Å². The van der Waals surface area contributed by atoms with Crippen LogP contribution in [0.3, 0.4) is 0 Å². The van der Waals surface area contributed by atoms with Crippen LogP contribution in [0.1, 0.15) is 23.7 Å². The first kappa shape index (κ1) is 14.0. The summed E-state index contributed by atoms with van der Waals surface area (Å²) in [5, 5.41) is 4.79. The molecule has 0 saturated carbocycles. The Morgan fingerprint density at radius 3 is 2.58 bits per heavy atom. The zero-order chi connectivity index (χ0) is 14.2. The molecule has 0 amide bonds. The van der Waals surface area contributed by atoms with Crippen LogP contribution in [0.5, 0.6) is 0 Å². The highest BCUT2D eigenvalue weighted by molar-refractivity contribution is 6.30. The van der Waals surface area contributed by atoms with E-state index in [1.807, 2.05) is 6.92 Å². The quantitative estimate of drug-likeness (QED) is 0.940. The summed E-state index contributed by atoms with van der Waals surface area (Å²) >= 11 is 6.20. The Balaban J connectivity index is 2.39. The highest BCUT2D eigenvalue weighted by Gasteiger charge is 2.28. The minimum Gasteiger partial charge on any atom is -0.321 e. The molecule has 0 saturated heterocycles. The predicted molar refractivity (Wildman–Crippen MR) is 74.6 cm³/mol. The van der Waals surface area contributed by atoms with Gasteiger partial charge in [0.05, 0.1) is 5.69 Å². The maximum absolute atomic E-state index is 13.9. The molecule has 0 fully saturated rings. The Bertz CT molecular complexity index is 605. The largest absolute Gasteiger partial charge is 0.321 e. The standard InChI is InChI=1S/C14H17ClFN3/c1-9-10(13(15)19(3)18-9)8-14(2,17)11-6-4-5-7-12(11)16/h4-7H,8,17H2,1-3H3. The van der Waals surface area contributed by atoms with E-state index in [1.165, 1.54) is 6.07 Å². The first-order valence-corrected chi connectivity index (χ1v) is 6.42. The Morgan fingerprint density at radius 2 is 2.05 bits per heavy atom. The summed E-state index contributed by atoms with van der Waals surface area (Å²) in [6.07, 6.45) is 0.437. The summed E-state index contributed by atoms with van der Waals surface area (Å²) in [6, 6.07) is 6.55. The molecule has 0 spiro atoms. The highest BCUT2D eigenvalue weighted by Crippen LogP contribution is 2.29. The lowest BCUT2D eigenvalue weighted by molar-refractivity contribution is 0.456. The normalized spacial score (nSPS) is 14.4. The summed E-state index contributed by atoms with van der Waals surface area (Å²) in [6.45, 7) is 3.67. The molecule has 1 aromatic heterocycles. The van der Waals surface area contributed by atoms with Gasteiger partial charge < -0.3 is 5.73 Å². The van der Waals surface area contributed by atoms with Crippen molar-refractivity contribution in [2.24, 2.45) is 12.8 Å². The molecule has 0 bridgehead atoms. The monoisotopic (exact) mass is 281 g/mol. The van der Waals surface area contributed by atoms with Gasteiger partial charge in [-0.2, -0.15) is 5.10 Å². The summed E-state index contributed by atoms with van der Waals surface area (Å²) in [5.41, 5.74) is 7.61. The van der Waals surface area contributed by atoms with Crippen molar-refractivity contribution < 1.29 is 4.39 Å². The van der Waals surface area contributed by atoms with Crippen molar-refractivity contribution in [3.05, 3.63) is 52.1 Å². The van der Waals surface area contributed by atoms with Crippen molar-refractivity contribution in [3.63, 3.8) is 0 Å². The zero-order valence-corrected chi connectivity index (χ0v) is 12.0. The van der Waals surface area contributed by atoms with Gasteiger partial charge in [-0.05, 0) is 26.3 Å². The minimum absolute atomic E-state index is 0.301. The molecule has 1 unspecified atom stereocenters. The topological polar surface area (TPSA) is 43.8 Å². The van der Waals surface area contributed by atoms with Crippen LogP contribution in [-0.2, 0) is 19.0 Å². The molecule has 0 radical (unpaired) electrons. The van der Waals surface area contributed by atoms with Gasteiger partial charge in [0, 0.05) is 23.7 Å². The Morgan fingerprint density at radius 1 is 1.42 bits per heavy atom. The van der Waals surface area contributed by atoms with Gasteiger partial charge in [0.1, 0.15) is 11.0 Å². The van der Waals surface area contributed by atoms with Crippen molar-refractivity contribution in [1.29, 1.82) is 0 Å². The van der Waals surface area contributed by atoms with E-state index in [0.29, 0.717) is 17.1 Å². The molecule has 19 heavy (non-hydrogen) atoms. The van der Waals surface area contributed by atoms with Gasteiger partial charge >= 0.3 is 0 Å². The van der Waals surface area contributed by atoms with Gasteiger partial charge in [0.2, 0.25) is 0 Å². The third kappa shape index (κ3) is 2.65. The van der Waals surface area contributed by atoms with Crippen LogP contribution in [0.2, 0.25) is 5.15 Å². The molecular weight excluding hydrogens is 265 g/mol. The molecule has 5 heteroatoms. The van der Waals surface area contributed by atoms with Crippen molar-refractivity contribution in [2.45, 2.75) is 25.8 Å². The van der Waals surface area contributed by atoms with E-state index in [4.69, 9.17) is 17.3 Å². The number of rotatable bonds is 3. The van der Waals surface area contributed by atoms with Crippen LogP contribution in [0.25, 0.3) is 0 Å². The van der Waals surface area contributed by atoms with Crippen LogP contribution in [-0.4, -0.2) is 9.78 Å². The number of hydrogen-bond donors (Lipinski definition) is 1. The fourth-order valence-electron chi connectivity index (χ4n) is 2.26. The first-order valence-electron chi connectivity index (χ1n) is 6.05. The van der Waals surface area contributed by atoms with E-state index in [0.717, 1.165) is 11.3 Å². The fraction of sp³-hybridized carbons (Fsp3) is 0.357. The van der Waals surface area contributed by atoms with Crippen molar-refractivity contribution >= 4 is 11.6 Å². The maximum atomic E-state index is 13.9. The summed E-state index contributed by atoms with van der Waals surface area (Å²) in [7, 11) is 1.77. The van der Waals surface area contributed by atoms with E-state index in [-0.39, 0.29) is 5.82 Å². The number of hydrogen-bond acceptors (Lipinski definition) is 2. The zero-order valence-electron chi connectivity index (χ0n) is 11.2. The molecule has 0 aliphatic heterocycles. The van der Waals surface area contributed by atoms with Crippen LogP contribution < -0.4 is 5.73 Å². The molecule has 2 rings (SSSR count). The SMILES string of the molecule is Cc1nn(C)c(Cl)c1CC(C)(N)c1ccccc1F. The van der Waals surface area contributed by atoms with Crippen molar-refractivity contribution in [1.82, 2.24) is 9.78 Å². The lowest BCUT2D eigenvalue weighted by Gasteiger charge is -2.25. The number of nitrogens with zero attached hydrogens (tertiary/aromatic N) is 2. The second-order valence-corrected chi connectivity index (χ2v) is 5.41. The lowest BCUT2D eigenvalue weighted by Crippen LogP contribution is -2.36. The van der Waals surface area contributed by atoms with E-state index >= 15 is 0 Å². The number of aromatic nitrogens is 2. The molecule has 2 aromatic rings. The van der Waals surface area contributed by atoms with Gasteiger partial charge in [0.25, 0.3) is 0 Å². The van der Waals surface area contributed by atoms with Gasteiger partial charge in [-0.1, -0.05) is 29.8 Å². The van der Waals surface area contributed by atoms with Crippen molar-refractivity contribution in [2.75, 3.05) is 0 Å². The third-order valence-electron chi connectivity index (χ3n) is 3.30. The second-order valence-electron chi connectivity index (χ2n) is 5.05. The van der Waals surface area contributed by atoms with Gasteiger partial charge in [-0.3, -0.25) is 4.68 Å². The van der Waals surface area contributed by atoms with Gasteiger partial charge in [0.15, 0.2) is 0 Å². The van der Waals surface area contributed by atoms with Gasteiger partial charge in [-0.25, -0.2) is 4.39 Å². The lowest BCUT2D eigenvalue weighted by atomic mass is 9.86. The number of nitrogens with two attached hydrogens (primary N) is 1. The second kappa shape index (κ2) is 4.94. The van der Waals surface area contributed by atoms with E-state index < -0.39 is 5.54 Å². The molecule has 1 heterocycles. The Kier molecular flexibility index (Phi) is 3.65. The molecule has 0 aliphatic carbocycles. The number of aryl methyl sites for hydroxylation is 2. The molecule has 1 aromatic carbocycles. The fourth-order valence-corrected chi connectivity index (χ4v) is 2.50. The maximum Gasteiger partial charge on any atom is 0.130 e. The van der Waals surface area contributed by atoms with E-state index in [2.05, 4.69) is 5.10 Å². The predicted octanol–water partition coefficient (Wildman–Crippen LogP) is 2.94. The van der Waals surface area contributed by atoms with Crippen LogP contribution in [0.4, 0.5) is 4.39 Å². The van der Waals surface area contributed by atoms with E-state index in [1.54, 1.807) is 36.9 Å². The molecule has 2 N–H and O–H groups in total. The summed E-state index contributed by atoms with van der Waals surface area (Å²) in [5.74, 6) is -0.301. The molecule has 0 aliphatic rings. The number of benzene rings is 1. The average molecular weight is 282 g/mol. The van der Waals surface area contributed by atoms with Crippen molar-refractivity contribution in [3.8, 4) is 0 Å². The molecule has 1 atom stereocenters. The van der Waals surface area contributed by atoms with Crippen LogP contribution >= 0.6 is 11.6 Å². The molecule has 102 valence electrons. The average Bonchev–Trinajstić information content (AvgIpc) is 2.56. The Labute approximate surface area is 117 Å². The summed E-state index contributed by atoms with van der Waals surface area (Å²) < 4.78 is 15.5. The summed E-state index contributed by atoms with van der Waals surface area (Å²) in [4.78, 5) is 0. The molecule has 3 nitrogen and oxygen atoms in total. The third-order valence-corrected chi connectivity index (χ3v) is 3.78. The van der Waals surface area contributed by atoms with Gasteiger partial charge in [-0.15, -0.1) is 0 Å². The van der Waals surface area contributed by atoms with E-state index in [9.17, 15) is 4.39 Å². The Hall–Kier alpha value is -1.39. The molecular formula is C14H17ClFN3. The number of halogens is 2.